The lowest BCUT2D eigenvalue weighted by Crippen LogP contribution is -2.27. The SMILES string of the molecule is NCC(O)C(O)c1cc(Cl)nc(C(F)(F)F)c1. The number of halogens is 4. The van der Waals surface area contributed by atoms with E-state index in [1.165, 1.54) is 0 Å². The minimum atomic E-state index is -4.67. The molecule has 4 nitrogen and oxygen atoms in total. The van der Waals surface area contributed by atoms with Crippen LogP contribution in [0, 0.1) is 0 Å². The van der Waals surface area contributed by atoms with Gasteiger partial charge in [-0.1, -0.05) is 11.6 Å². The van der Waals surface area contributed by atoms with Crippen molar-refractivity contribution < 1.29 is 23.4 Å². The predicted molar refractivity (Wildman–Crippen MR) is 54.3 cm³/mol. The van der Waals surface area contributed by atoms with E-state index in [-0.39, 0.29) is 12.1 Å². The zero-order chi connectivity index (χ0) is 13.2. The summed E-state index contributed by atoms with van der Waals surface area (Å²) in [5, 5.41) is 18.3. The van der Waals surface area contributed by atoms with Crippen LogP contribution in [0.5, 0.6) is 0 Å². The summed E-state index contributed by atoms with van der Waals surface area (Å²) in [4.78, 5) is 3.09. The molecule has 0 radical (unpaired) electrons. The summed E-state index contributed by atoms with van der Waals surface area (Å²) in [6, 6.07) is 1.66. The highest BCUT2D eigenvalue weighted by atomic mass is 35.5. The summed E-state index contributed by atoms with van der Waals surface area (Å²) < 4.78 is 37.2. The minimum absolute atomic E-state index is 0.185. The molecule has 0 fully saturated rings. The number of rotatable bonds is 3. The zero-order valence-corrected chi connectivity index (χ0v) is 9.20. The summed E-state index contributed by atoms with van der Waals surface area (Å²) in [5.74, 6) is 0. The Hall–Kier alpha value is -0.890. The molecule has 2 unspecified atom stereocenters. The third-order valence-corrected chi connectivity index (χ3v) is 2.25. The first-order valence-corrected chi connectivity index (χ1v) is 4.94. The Kier molecular flexibility index (Phi) is 4.31. The molecule has 0 amide bonds. The Balaban J connectivity index is 3.14. The van der Waals surface area contributed by atoms with E-state index < -0.39 is 29.2 Å². The number of nitrogens with zero attached hydrogens (tertiary/aromatic N) is 1. The predicted octanol–water partition coefficient (Wildman–Crippen LogP) is 1.11. The molecule has 96 valence electrons. The Morgan fingerprint density at radius 2 is 1.94 bits per heavy atom. The average molecular weight is 271 g/mol. The molecule has 0 aliphatic rings. The summed E-state index contributed by atoms with van der Waals surface area (Å²) in [6.45, 7) is -0.289. The molecule has 4 N–H and O–H groups in total. The maximum atomic E-state index is 12.4. The van der Waals surface area contributed by atoms with Crippen molar-refractivity contribution >= 4 is 11.6 Å². The van der Waals surface area contributed by atoms with Crippen molar-refractivity contribution in [3.8, 4) is 0 Å². The van der Waals surface area contributed by atoms with E-state index in [0.29, 0.717) is 6.07 Å². The van der Waals surface area contributed by atoms with E-state index in [4.69, 9.17) is 17.3 Å². The summed E-state index contributed by atoms with van der Waals surface area (Å²) >= 11 is 5.41. The molecule has 1 heterocycles. The van der Waals surface area contributed by atoms with Crippen LogP contribution in [-0.4, -0.2) is 27.8 Å². The topological polar surface area (TPSA) is 79.4 Å². The van der Waals surface area contributed by atoms with E-state index in [0.717, 1.165) is 6.07 Å². The highest BCUT2D eigenvalue weighted by Crippen LogP contribution is 2.31. The lowest BCUT2D eigenvalue weighted by atomic mass is 10.0. The van der Waals surface area contributed by atoms with Gasteiger partial charge in [-0.2, -0.15) is 13.2 Å². The first kappa shape index (κ1) is 14.2. The van der Waals surface area contributed by atoms with Crippen molar-refractivity contribution in [3.05, 3.63) is 28.5 Å². The third-order valence-electron chi connectivity index (χ3n) is 2.05. The van der Waals surface area contributed by atoms with Gasteiger partial charge >= 0.3 is 6.18 Å². The average Bonchev–Trinajstić information content (AvgIpc) is 2.25. The van der Waals surface area contributed by atoms with Gasteiger partial charge in [0.1, 0.15) is 17.0 Å². The van der Waals surface area contributed by atoms with Crippen LogP contribution in [0.4, 0.5) is 13.2 Å². The van der Waals surface area contributed by atoms with Crippen molar-refractivity contribution in [3.63, 3.8) is 0 Å². The smallest absolute Gasteiger partial charge is 0.389 e. The van der Waals surface area contributed by atoms with Gasteiger partial charge in [0.15, 0.2) is 0 Å². The standard InChI is InChI=1S/C9H10ClF3N2O2/c10-7-2-4(8(17)5(16)3-14)1-6(15-7)9(11,12)13/h1-2,5,8,16-17H,3,14H2. The number of aliphatic hydroxyl groups is 2. The van der Waals surface area contributed by atoms with Crippen LogP contribution in [0.2, 0.25) is 5.15 Å². The molecule has 0 saturated heterocycles. The number of pyridine rings is 1. The Labute approximate surface area is 99.8 Å². The van der Waals surface area contributed by atoms with Gasteiger partial charge in [-0.05, 0) is 17.7 Å². The molecule has 0 spiro atoms. The highest BCUT2D eigenvalue weighted by molar-refractivity contribution is 6.29. The lowest BCUT2D eigenvalue weighted by molar-refractivity contribution is -0.141. The number of nitrogens with two attached hydrogens (primary N) is 1. The maximum absolute atomic E-state index is 12.4. The van der Waals surface area contributed by atoms with Crippen LogP contribution in [0.1, 0.15) is 17.4 Å². The van der Waals surface area contributed by atoms with E-state index >= 15 is 0 Å². The molecule has 0 saturated carbocycles. The van der Waals surface area contributed by atoms with E-state index in [1.807, 2.05) is 0 Å². The third kappa shape index (κ3) is 3.53. The molecule has 0 aliphatic heterocycles. The quantitative estimate of drug-likeness (QED) is 0.719. The largest absolute Gasteiger partial charge is 0.433 e. The van der Waals surface area contributed by atoms with Crippen molar-refractivity contribution in [2.75, 3.05) is 6.54 Å². The molecule has 1 aromatic heterocycles. The fourth-order valence-corrected chi connectivity index (χ4v) is 1.40. The Morgan fingerprint density at radius 3 is 2.41 bits per heavy atom. The van der Waals surface area contributed by atoms with Crippen LogP contribution >= 0.6 is 11.6 Å². The second-order valence-corrected chi connectivity index (χ2v) is 3.74. The molecule has 1 aromatic rings. The molecule has 0 aromatic carbocycles. The first-order chi connectivity index (χ1) is 7.75. The van der Waals surface area contributed by atoms with Crippen LogP contribution < -0.4 is 5.73 Å². The maximum Gasteiger partial charge on any atom is 0.433 e. The van der Waals surface area contributed by atoms with Gasteiger partial charge in [-0.3, -0.25) is 0 Å². The van der Waals surface area contributed by atoms with Gasteiger partial charge < -0.3 is 15.9 Å². The van der Waals surface area contributed by atoms with Gasteiger partial charge in [0.2, 0.25) is 0 Å². The number of alkyl halides is 3. The second kappa shape index (κ2) is 5.18. The normalized spacial score (nSPS) is 15.7. The second-order valence-electron chi connectivity index (χ2n) is 3.35. The molecule has 1 rings (SSSR count). The van der Waals surface area contributed by atoms with Crippen molar-refractivity contribution in [1.82, 2.24) is 4.98 Å². The molecular weight excluding hydrogens is 261 g/mol. The van der Waals surface area contributed by atoms with Gasteiger partial charge in [-0.25, -0.2) is 4.98 Å². The fraction of sp³-hybridized carbons (Fsp3) is 0.444. The summed E-state index contributed by atoms with van der Waals surface area (Å²) in [5.41, 5.74) is 3.67. The van der Waals surface area contributed by atoms with Crippen LogP contribution in [0.15, 0.2) is 12.1 Å². The first-order valence-electron chi connectivity index (χ1n) is 4.56. The van der Waals surface area contributed by atoms with Crippen molar-refractivity contribution in [2.45, 2.75) is 18.4 Å². The molecule has 8 heteroatoms. The van der Waals surface area contributed by atoms with E-state index in [9.17, 15) is 23.4 Å². The molecule has 2 atom stereocenters. The summed E-state index contributed by atoms with van der Waals surface area (Å²) in [7, 11) is 0. The minimum Gasteiger partial charge on any atom is -0.389 e. The number of hydrogen-bond donors (Lipinski definition) is 3. The number of hydrogen-bond acceptors (Lipinski definition) is 4. The van der Waals surface area contributed by atoms with E-state index in [2.05, 4.69) is 4.98 Å². The molecule has 0 aliphatic carbocycles. The Bertz CT molecular complexity index is 400. The monoisotopic (exact) mass is 270 g/mol. The molecule has 17 heavy (non-hydrogen) atoms. The van der Waals surface area contributed by atoms with Gasteiger partial charge in [-0.15, -0.1) is 0 Å². The van der Waals surface area contributed by atoms with Crippen LogP contribution in [0.25, 0.3) is 0 Å². The van der Waals surface area contributed by atoms with Crippen LogP contribution in [-0.2, 0) is 6.18 Å². The van der Waals surface area contributed by atoms with Crippen LogP contribution in [0.3, 0.4) is 0 Å². The van der Waals surface area contributed by atoms with Gasteiger partial charge in [0.05, 0.1) is 6.10 Å². The van der Waals surface area contributed by atoms with Gasteiger partial charge in [0.25, 0.3) is 0 Å². The van der Waals surface area contributed by atoms with E-state index in [1.54, 1.807) is 0 Å². The van der Waals surface area contributed by atoms with Crippen molar-refractivity contribution in [2.24, 2.45) is 5.73 Å². The van der Waals surface area contributed by atoms with Gasteiger partial charge in [0, 0.05) is 6.54 Å². The van der Waals surface area contributed by atoms with Crippen molar-refractivity contribution in [1.29, 1.82) is 0 Å². The number of aliphatic hydroxyl groups excluding tert-OH is 2. The molecule has 0 bridgehead atoms. The summed E-state index contributed by atoms with van der Waals surface area (Å²) in [6.07, 6.45) is -7.58. The highest BCUT2D eigenvalue weighted by Gasteiger charge is 2.34. The number of aromatic nitrogens is 1. The molecular formula is C9H10ClF3N2O2. The zero-order valence-electron chi connectivity index (χ0n) is 8.45. The Morgan fingerprint density at radius 1 is 1.35 bits per heavy atom. The lowest BCUT2D eigenvalue weighted by Gasteiger charge is -2.17. The fourth-order valence-electron chi connectivity index (χ4n) is 1.18.